The van der Waals surface area contributed by atoms with Crippen LogP contribution in [0.2, 0.25) is 0 Å². The molecule has 0 saturated carbocycles. The predicted molar refractivity (Wildman–Crippen MR) is 153 cm³/mol. The number of hydrogen-bond donors (Lipinski definition) is 4. The van der Waals surface area contributed by atoms with Crippen molar-refractivity contribution < 1.29 is 18.4 Å². The highest BCUT2D eigenvalue weighted by Crippen LogP contribution is 2.26. The summed E-state index contributed by atoms with van der Waals surface area (Å²) < 4.78 is 29.9. The summed E-state index contributed by atoms with van der Waals surface area (Å²) in [5.74, 6) is -0.829. The topological polar surface area (TPSA) is 103 Å². The minimum atomic E-state index is -0.554. The number of halogens is 2. The van der Waals surface area contributed by atoms with E-state index in [4.69, 9.17) is 0 Å². The molecule has 9 nitrogen and oxygen atoms in total. The molecule has 1 unspecified atom stereocenters. The maximum atomic E-state index is 14.4. The number of amides is 3. The number of urea groups is 1. The first-order valence-corrected chi connectivity index (χ1v) is 14.3. The second-order valence-corrected chi connectivity index (χ2v) is 10.7. The van der Waals surface area contributed by atoms with Gasteiger partial charge in [0.05, 0.1) is 17.9 Å². The molecule has 5 rings (SSSR count). The number of aromatic nitrogens is 2. The second kappa shape index (κ2) is 13.2. The smallest absolute Gasteiger partial charge is 0.317 e. The fourth-order valence-electron chi connectivity index (χ4n) is 5.60. The van der Waals surface area contributed by atoms with Crippen LogP contribution in [0.15, 0.2) is 48.9 Å². The zero-order valence-corrected chi connectivity index (χ0v) is 23.3. The highest BCUT2D eigenvalue weighted by molar-refractivity contribution is 5.94. The number of nitrogens with zero attached hydrogens (tertiary/aromatic N) is 3. The number of rotatable bonds is 12. The molecule has 2 atom stereocenters. The molecule has 4 N–H and O–H groups in total. The molecule has 1 aliphatic carbocycles. The number of imidazole rings is 1. The summed E-state index contributed by atoms with van der Waals surface area (Å²) >= 11 is 0. The predicted octanol–water partition coefficient (Wildman–Crippen LogP) is 3.52. The maximum absolute atomic E-state index is 14.4. The Hall–Kier alpha value is -3.83. The molecular formula is C30H37F2N7O2. The average molecular weight is 566 g/mol. The van der Waals surface area contributed by atoms with Crippen molar-refractivity contribution >= 4 is 17.8 Å². The van der Waals surface area contributed by atoms with Crippen LogP contribution in [0.5, 0.6) is 0 Å². The van der Waals surface area contributed by atoms with Crippen molar-refractivity contribution in [3.63, 3.8) is 0 Å². The summed E-state index contributed by atoms with van der Waals surface area (Å²) in [7, 11) is 0. The summed E-state index contributed by atoms with van der Waals surface area (Å²) in [6.45, 7) is 5.36. The second-order valence-electron chi connectivity index (χ2n) is 10.7. The van der Waals surface area contributed by atoms with Crippen LogP contribution in [-0.2, 0) is 24.2 Å². The number of carbonyl (C=O) groups excluding carboxylic acids is 2. The maximum Gasteiger partial charge on any atom is 0.317 e. The lowest BCUT2D eigenvalue weighted by atomic mass is 9.87. The highest BCUT2D eigenvalue weighted by atomic mass is 19.1. The first kappa shape index (κ1) is 28.7. The molecular weight excluding hydrogens is 528 g/mol. The Morgan fingerprint density at radius 3 is 2.90 bits per heavy atom. The third-order valence-electron chi connectivity index (χ3n) is 7.72. The first-order chi connectivity index (χ1) is 19.9. The summed E-state index contributed by atoms with van der Waals surface area (Å²) in [4.78, 5) is 31.2. The Morgan fingerprint density at radius 2 is 2.10 bits per heavy atom. The lowest BCUT2D eigenvalue weighted by molar-refractivity contribution is -0.118. The van der Waals surface area contributed by atoms with E-state index < -0.39 is 17.7 Å². The zero-order chi connectivity index (χ0) is 28.8. The Balaban J connectivity index is 1.18. The van der Waals surface area contributed by atoms with Gasteiger partial charge < -0.3 is 30.7 Å². The monoisotopic (exact) mass is 565 g/mol. The quantitative estimate of drug-likeness (QED) is 0.252. The minimum absolute atomic E-state index is 0.0220. The van der Waals surface area contributed by atoms with Crippen LogP contribution in [0.1, 0.15) is 42.9 Å². The van der Waals surface area contributed by atoms with Gasteiger partial charge in [0.1, 0.15) is 18.0 Å². The largest absolute Gasteiger partial charge is 0.336 e. The third-order valence-corrected chi connectivity index (χ3v) is 7.72. The molecule has 1 aromatic heterocycles. The fraction of sp³-hybridized carbons (Fsp3) is 0.433. The van der Waals surface area contributed by atoms with Crippen molar-refractivity contribution in [1.29, 1.82) is 0 Å². The highest BCUT2D eigenvalue weighted by Gasteiger charge is 2.27. The summed E-state index contributed by atoms with van der Waals surface area (Å²) in [6, 6.07) is 9.71. The Morgan fingerprint density at radius 1 is 1.24 bits per heavy atom. The Labute approximate surface area is 238 Å². The molecule has 2 aliphatic rings. The van der Waals surface area contributed by atoms with E-state index in [9.17, 15) is 18.4 Å². The minimum Gasteiger partial charge on any atom is -0.336 e. The van der Waals surface area contributed by atoms with Crippen LogP contribution < -0.4 is 21.3 Å². The first-order valence-electron chi connectivity index (χ1n) is 14.3. The van der Waals surface area contributed by atoms with Crippen molar-refractivity contribution in [3.8, 4) is 5.69 Å². The van der Waals surface area contributed by atoms with Gasteiger partial charge in [0.15, 0.2) is 5.82 Å². The molecule has 3 aromatic rings. The number of carbonyl (C=O) groups is 2. The molecule has 41 heavy (non-hydrogen) atoms. The van der Waals surface area contributed by atoms with Crippen LogP contribution in [-0.4, -0.2) is 64.7 Å². The van der Waals surface area contributed by atoms with Crippen molar-refractivity contribution in [2.24, 2.45) is 0 Å². The number of anilines is 1. The molecule has 0 spiro atoms. The molecule has 1 aliphatic heterocycles. The summed E-state index contributed by atoms with van der Waals surface area (Å²) in [6.07, 6.45) is 6.56. The van der Waals surface area contributed by atoms with Gasteiger partial charge in [0.25, 0.3) is 0 Å². The van der Waals surface area contributed by atoms with Crippen LogP contribution >= 0.6 is 0 Å². The van der Waals surface area contributed by atoms with E-state index in [0.29, 0.717) is 68.8 Å². The molecule has 0 bridgehead atoms. The van der Waals surface area contributed by atoms with Crippen LogP contribution in [0, 0.1) is 11.6 Å². The Kier molecular flexibility index (Phi) is 9.25. The molecule has 2 heterocycles. The van der Waals surface area contributed by atoms with Gasteiger partial charge in [-0.05, 0) is 54.5 Å². The molecule has 1 saturated heterocycles. The lowest BCUT2D eigenvalue weighted by Gasteiger charge is -2.29. The van der Waals surface area contributed by atoms with E-state index in [1.54, 1.807) is 17.4 Å². The standard InChI is InChI=1S/C30H37F2N7O2/c1-2-5-26(36-23-9-8-20-14-22(31)15-25(32)24(20)16-23)29(40)37-28-18-39(19-35-28)27-7-4-3-6-21(27)17-33-10-12-38-13-11-34-30(38)41/h3-4,6-7,14-15,18-19,23,26,33,36H,2,5,8-13,16-17H2,1H3,(H,34,41)(H,37,40)/t23?,26-/m0/s1. The van der Waals surface area contributed by atoms with Gasteiger partial charge in [0, 0.05) is 44.8 Å². The SMILES string of the molecule is CCC[C@H](NC1CCc2cc(F)cc(F)c2C1)C(=O)Nc1cn(-c2ccccc2CNCCN2CCNC2=O)cn1. The summed E-state index contributed by atoms with van der Waals surface area (Å²) in [5.41, 5.74) is 3.23. The van der Waals surface area contributed by atoms with E-state index >= 15 is 0 Å². The average Bonchev–Trinajstić information content (AvgIpc) is 3.60. The van der Waals surface area contributed by atoms with E-state index in [2.05, 4.69) is 26.3 Å². The fourth-order valence-corrected chi connectivity index (χ4v) is 5.60. The lowest BCUT2D eigenvalue weighted by Crippen LogP contribution is -2.48. The molecule has 11 heteroatoms. The van der Waals surface area contributed by atoms with Crippen LogP contribution in [0.4, 0.5) is 19.4 Å². The van der Waals surface area contributed by atoms with Crippen LogP contribution in [0.3, 0.4) is 0 Å². The van der Waals surface area contributed by atoms with Crippen molar-refractivity contribution in [2.75, 3.05) is 31.5 Å². The van der Waals surface area contributed by atoms with Gasteiger partial charge in [0.2, 0.25) is 5.91 Å². The molecule has 1 fully saturated rings. The van der Waals surface area contributed by atoms with E-state index in [0.717, 1.165) is 30.3 Å². The van der Waals surface area contributed by atoms with Crippen molar-refractivity contribution in [2.45, 2.75) is 57.7 Å². The summed E-state index contributed by atoms with van der Waals surface area (Å²) in [5, 5.41) is 12.6. The normalized spacial score (nSPS) is 17.3. The van der Waals surface area contributed by atoms with Gasteiger partial charge in [-0.1, -0.05) is 31.5 Å². The third kappa shape index (κ3) is 7.09. The van der Waals surface area contributed by atoms with Gasteiger partial charge in [-0.3, -0.25) is 4.79 Å². The van der Waals surface area contributed by atoms with E-state index in [1.165, 1.54) is 6.07 Å². The Bertz CT molecular complexity index is 1380. The number of benzene rings is 2. The number of nitrogens with one attached hydrogen (secondary N) is 4. The molecule has 0 radical (unpaired) electrons. The van der Waals surface area contributed by atoms with Crippen LogP contribution in [0.25, 0.3) is 5.69 Å². The molecule has 2 aromatic carbocycles. The van der Waals surface area contributed by atoms with Gasteiger partial charge in [-0.15, -0.1) is 0 Å². The van der Waals surface area contributed by atoms with Crippen molar-refractivity contribution in [3.05, 3.63) is 77.2 Å². The zero-order valence-electron chi connectivity index (χ0n) is 23.3. The van der Waals surface area contributed by atoms with Gasteiger partial charge >= 0.3 is 6.03 Å². The van der Waals surface area contributed by atoms with E-state index in [-0.39, 0.29) is 18.0 Å². The van der Waals surface area contributed by atoms with E-state index in [1.807, 2.05) is 35.8 Å². The number of hydrogen-bond acceptors (Lipinski definition) is 5. The van der Waals surface area contributed by atoms with Gasteiger partial charge in [-0.2, -0.15) is 0 Å². The molecule has 218 valence electrons. The number of aryl methyl sites for hydroxylation is 1. The molecule has 3 amide bonds. The number of fused-ring (bicyclic) bond motifs is 1. The van der Waals surface area contributed by atoms with Gasteiger partial charge in [-0.25, -0.2) is 18.6 Å². The number of para-hydroxylation sites is 1. The van der Waals surface area contributed by atoms with Crippen molar-refractivity contribution in [1.82, 2.24) is 30.4 Å².